The Morgan fingerprint density at radius 2 is 1.50 bits per heavy atom. The third-order valence-electron chi connectivity index (χ3n) is 3.43. The molecule has 0 aromatic carbocycles. The second-order valence-electron chi connectivity index (χ2n) is 6.43. The number of carboxylic acids is 1. The van der Waals surface area contributed by atoms with Crippen LogP contribution in [0.3, 0.4) is 0 Å². The van der Waals surface area contributed by atoms with Gasteiger partial charge in [0.2, 0.25) is 17.7 Å². The Hall–Kier alpha value is -2.05. The summed E-state index contributed by atoms with van der Waals surface area (Å²) in [4.78, 5) is 64.9. The van der Waals surface area contributed by atoms with Gasteiger partial charge in [-0.3, -0.25) is 23.7 Å². The van der Waals surface area contributed by atoms with Gasteiger partial charge in [-0.15, -0.1) is 0 Å². The Bertz CT molecular complexity index is 634. The van der Waals surface area contributed by atoms with E-state index in [1.807, 2.05) is 0 Å². The Balaban J connectivity index is 5.33. The zero-order valence-electron chi connectivity index (χ0n) is 15.9. The van der Waals surface area contributed by atoms with Crippen LogP contribution >= 0.6 is 7.82 Å². The van der Waals surface area contributed by atoms with E-state index in [0.29, 0.717) is 0 Å². The minimum Gasteiger partial charge on any atom is -0.480 e. The summed E-state index contributed by atoms with van der Waals surface area (Å²) in [5, 5.41) is 15.5. The summed E-state index contributed by atoms with van der Waals surface area (Å²) < 4.78 is 15.1. The topological polar surface area (TPSA) is 217 Å². The molecule has 0 heterocycles. The van der Waals surface area contributed by atoms with Crippen molar-refractivity contribution in [1.29, 1.82) is 0 Å². The van der Waals surface area contributed by atoms with Gasteiger partial charge < -0.3 is 36.6 Å². The number of phosphoric ester groups is 1. The van der Waals surface area contributed by atoms with Gasteiger partial charge in [-0.05, 0) is 19.8 Å². The molecule has 13 nitrogen and oxygen atoms in total. The molecule has 0 aliphatic rings. The summed E-state index contributed by atoms with van der Waals surface area (Å²) in [6, 6.07) is -4.97. The molecule has 0 bridgehead atoms. The first-order chi connectivity index (χ1) is 12.7. The lowest BCUT2D eigenvalue weighted by molar-refractivity contribution is -0.142. The minimum absolute atomic E-state index is 0.475. The molecule has 0 aliphatic heterocycles. The maximum Gasteiger partial charge on any atom is 0.469 e. The number of hydrogen-bond acceptors (Lipinski definition) is 7. The van der Waals surface area contributed by atoms with Crippen LogP contribution < -0.4 is 21.7 Å². The van der Waals surface area contributed by atoms with E-state index in [9.17, 15) is 23.7 Å². The lowest BCUT2D eigenvalue weighted by atomic mass is 10.0. The van der Waals surface area contributed by atoms with E-state index in [1.165, 1.54) is 13.8 Å². The predicted octanol–water partition coefficient (Wildman–Crippen LogP) is -2.34. The van der Waals surface area contributed by atoms with Crippen molar-refractivity contribution >= 4 is 31.5 Å². The fraction of sp³-hybridized carbons (Fsp3) is 0.714. The lowest BCUT2D eigenvalue weighted by Crippen LogP contribution is -2.59. The maximum absolute atomic E-state index is 12.5. The highest BCUT2D eigenvalue weighted by Gasteiger charge is 2.32. The number of carboxylic acid groups (broad SMARTS) is 1. The van der Waals surface area contributed by atoms with Gasteiger partial charge in [0, 0.05) is 0 Å². The van der Waals surface area contributed by atoms with Crippen molar-refractivity contribution in [3.05, 3.63) is 0 Å². The van der Waals surface area contributed by atoms with E-state index in [0.717, 1.165) is 0 Å². The van der Waals surface area contributed by atoms with Crippen LogP contribution in [0.2, 0.25) is 0 Å². The predicted molar refractivity (Wildman–Crippen MR) is 95.6 cm³/mol. The molecular formula is C14H27N4O9P. The lowest BCUT2D eigenvalue weighted by Gasteiger charge is -2.26. The number of carbonyl (C=O) groups excluding carboxylic acids is 3. The fourth-order valence-corrected chi connectivity index (χ4v) is 2.15. The number of phosphoric acid groups is 1. The molecule has 162 valence electrons. The van der Waals surface area contributed by atoms with E-state index in [2.05, 4.69) is 20.5 Å². The number of rotatable bonds is 11. The van der Waals surface area contributed by atoms with Crippen molar-refractivity contribution in [2.24, 2.45) is 11.7 Å². The molecule has 0 radical (unpaired) electrons. The summed E-state index contributed by atoms with van der Waals surface area (Å²) in [5.41, 5.74) is 5.39. The van der Waals surface area contributed by atoms with E-state index in [-0.39, 0.29) is 0 Å². The highest BCUT2D eigenvalue weighted by atomic mass is 31.2. The standard InChI is InChI=1S/C14H27N4O9P/c1-6(2)10(13(21)16-8(4)14(22)23)18-12(20)9(5-27-28(24,25)26)17-11(19)7(3)15/h6-10H,5,15H2,1-4H3,(H,16,21)(H,17,19)(H,18,20)(H,22,23)(H2,24,25,26)/t7-,8-,9-,10-/m0/s1. The third-order valence-corrected chi connectivity index (χ3v) is 3.92. The van der Waals surface area contributed by atoms with Crippen LogP contribution in [0, 0.1) is 5.92 Å². The molecule has 0 aliphatic carbocycles. The van der Waals surface area contributed by atoms with Crippen molar-refractivity contribution in [3.63, 3.8) is 0 Å². The van der Waals surface area contributed by atoms with Crippen LogP contribution in [0.5, 0.6) is 0 Å². The largest absolute Gasteiger partial charge is 0.480 e. The van der Waals surface area contributed by atoms with Gasteiger partial charge >= 0.3 is 13.8 Å². The fourth-order valence-electron chi connectivity index (χ4n) is 1.81. The van der Waals surface area contributed by atoms with E-state index >= 15 is 0 Å². The average molecular weight is 426 g/mol. The highest BCUT2D eigenvalue weighted by Crippen LogP contribution is 2.35. The summed E-state index contributed by atoms with van der Waals surface area (Å²) >= 11 is 0. The molecule has 0 rings (SSSR count). The van der Waals surface area contributed by atoms with Crippen LogP contribution in [0.15, 0.2) is 0 Å². The van der Waals surface area contributed by atoms with Crippen molar-refractivity contribution in [2.45, 2.75) is 51.9 Å². The molecule has 0 spiro atoms. The molecule has 28 heavy (non-hydrogen) atoms. The van der Waals surface area contributed by atoms with E-state index < -0.39 is 68.2 Å². The number of amides is 3. The van der Waals surface area contributed by atoms with Gasteiger partial charge in [0.15, 0.2) is 0 Å². The second kappa shape index (κ2) is 11.1. The summed E-state index contributed by atoms with van der Waals surface area (Å²) in [7, 11) is -4.94. The molecule has 14 heteroatoms. The number of nitrogens with two attached hydrogens (primary N) is 1. The molecule has 8 N–H and O–H groups in total. The van der Waals surface area contributed by atoms with Crippen molar-refractivity contribution < 1.29 is 43.2 Å². The Kier molecular flexibility index (Phi) is 10.3. The second-order valence-corrected chi connectivity index (χ2v) is 7.67. The first kappa shape index (κ1) is 26.0. The first-order valence-corrected chi connectivity index (χ1v) is 9.78. The molecule has 0 unspecified atom stereocenters. The number of carbonyl (C=O) groups is 4. The molecule has 0 saturated carbocycles. The zero-order chi connectivity index (χ0) is 22.2. The van der Waals surface area contributed by atoms with Crippen LogP contribution in [0.25, 0.3) is 0 Å². The molecule has 4 atom stereocenters. The molecule has 0 aromatic heterocycles. The van der Waals surface area contributed by atoms with Crippen molar-refractivity contribution in [3.8, 4) is 0 Å². The molecule has 0 saturated heterocycles. The minimum atomic E-state index is -4.94. The normalized spacial score (nSPS) is 15.9. The smallest absolute Gasteiger partial charge is 0.469 e. The Morgan fingerprint density at radius 1 is 0.964 bits per heavy atom. The van der Waals surface area contributed by atoms with Gasteiger partial charge in [-0.25, -0.2) is 4.57 Å². The first-order valence-electron chi connectivity index (χ1n) is 8.25. The Morgan fingerprint density at radius 3 is 1.89 bits per heavy atom. The SMILES string of the molecule is CC(C)[C@H](NC(=O)[C@H](COP(=O)(O)O)NC(=O)[C@H](C)N)C(=O)N[C@@H](C)C(=O)O. The van der Waals surface area contributed by atoms with Gasteiger partial charge in [-0.1, -0.05) is 13.8 Å². The van der Waals surface area contributed by atoms with E-state index in [4.69, 9.17) is 20.6 Å². The Labute approximate surface area is 161 Å². The summed E-state index contributed by atoms with van der Waals surface area (Å²) in [6.07, 6.45) is 0. The number of aliphatic carboxylic acids is 1. The maximum atomic E-state index is 12.5. The van der Waals surface area contributed by atoms with Crippen LogP contribution in [-0.2, 0) is 28.3 Å². The van der Waals surface area contributed by atoms with Crippen LogP contribution in [0.4, 0.5) is 0 Å². The van der Waals surface area contributed by atoms with Crippen LogP contribution in [0.1, 0.15) is 27.7 Å². The number of hydrogen-bond donors (Lipinski definition) is 7. The van der Waals surface area contributed by atoms with Gasteiger partial charge in [0.1, 0.15) is 18.1 Å². The molecule has 0 fully saturated rings. The molecule has 0 aromatic rings. The summed E-state index contributed by atoms with van der Waals surface area (Å²) in [5.74, 6) is -4.30. The monoisotopic (exact) mass is 426 g/mol. The molecular weight excluding hydrogens is 399 g/mol. The van der Waals surface area contributed by atoms with Crippen molar-refractivity contribution in [2.75, 3.05) is 6.61 Å². The van der Waals surface area contributed by atoms with Gasteiger partial charge in [-0.2, -0.15) is 0 Å². The van der Waals surface area contributed by atoms with Gasteiger partial charge in [0.25, 0.3) is 0 Å². The number of nitrogens with one attached hydrogen (secondary N) is 3. The molecule has 3 amide bonds. The van der Waals surface area contributed by atoms with Crippen LogP contribution in [-0.4, -0.2) is 69.4 Å². The van der Waals surface area contributed by atoms with E-state index in [1.54, 1.807) is 13.8 Å². The zero-order valence-corrected chi connectivity index (χ0v) is 16.8. The average Bonchev–Trinajstić information content (AvgIpc) is 2.54. The van der Waals surface area contributed by atoms with Gasteiger partial charge in [0.05, 0.1) is 12.6 Å². The van der Waals surface area contributed by atoms with Crippen molar-refractivity contribution in [1.82, 2.24) is 16.0 Å². The highest BCUT2D eigenvalue weighted by molar-refractivity contribution is 7.46. The third kappa shape index (κ3) is 9.76. The quantitative estimate of drug-likeness (QED) is 0.175. The summed E-state index contributed by atoms with van der Waals surface area (Å²) in [6.45, 7) is 4.84.